The number of carbonyl (C=O) groups excluding carboxylic acids is 3. The van der Waals surface area contributed by atoms with Gasteiger partial charge in [-0.3, -0.25) is 19.3 Å². The summed E-state index contributed by atoms with van der Waals surface area (Å²) in [6, 6.07) is 14.1. The molecule has 2 aromatic carbocycles. The lowest BCUT2D eigenvalue weighted by Gasteiger charge is -2.17. The SMILES string of the molecule is CN(CCCOc1ccccc1)C(=O)c1ccc2c(c1)C(=O)N(C)C2=O. The average molecular weight is 352 g/mol. The van der Waals surface area contributed by atoms with Crippen molar-refractivity contribution in [3.8, 4) is 5.75 Å². The molecule has 1 heterocycles. The number of hydrogen-bond acceptors (Lipinski definition) is 4. The van der Waals surface area contributed by atoms with Gasteiger partial charge in [-0.2, -0.15) is 0 Å². The molecule has 0 saturated heterocycles. The van der Waals surface area contributed by atoms with Crippen LogP contribution in [0.3, 0.4) is 0 Å². The molecule has 1 aliphatic heterocycles. The highest BCUT2D eigenvalue weighted by atomic mass is 16.5. The molecular formula is C20H20N2O4. The molecule has 0 bridgehead atoms. The molecule has 6 heteroatoms. The van der Waals surface area contributed by atoms with Gasteiger partial charge in [0.15, 0.2) is 0 Å². The molecule has 0 spiro atoms. The Bertz CT molecular complexity index is 848. The van der Waals surface area contributed by atoms with Gasteiger partial charge >= 0.3 is 0 Å². The Morgan fingerprint density at radius 3 is 2.46 bits per heavy atom. The Hall–Kier alpha value is -3.15. The Labute approximate surface area is 152 Å². The first kappa shape index (κ1) is 17.7. The highest BCUT2D eigenvalue weighted by Gasteiger charge is 2.33. The zero-order chi connectivity index (χ0) is 18.7. The Kier molecular flexibility index (Phi) is 5.02. The molecule has 2 aromatic rings. The molecule has 0 fully saturated rings. The van der Waals surface area contributed by atoms with Crippen molar-refractivity contribution in [2.75, 3.05) is 27.2 Å². The van der Waals surface area contributed by atoms with Crippen LogP contribution in [-0.4, -0.2) is 54.8 Å². The second kappa shape index (κ2) is 7.39. The Morgan fingerprint density at radius 2 is 1.73 bits per heavy atom. The number of carbonyl (C=O) groups is 3. The van der Waals surface area contributed by atoms with Gasteiger partial charge in [0.25, 0.3) is 17.7 Å². The van der Waals surface area contributed by atoms with E-state index in [2.05, 4.69) is 0 Å². The summed E-state index contributed by atoms with van der Waals surface area (Å²) in [7, 11) is 3.14. The van der Waals surface area contributed by atoms with Crippen molar-refractivity contribution in [2.24, 2.45) is 0 Å². The summed E-state index contributed by atoms with van der Waals surface area (Å²) in [5.74, 6) is -0.108. The van der Waals surface area contributed by atoms with Crippen molar-refractivity contribution in [2.45, 2.75) is 6.42 Å². The third kappa shape index (κ3) is 3.44. The third-order valence-corrected chi connectivity index (χ3v) is 4.33. The van der Waals surface area contributed by atoms with Crippen LogP contribution in [0.1, 0.15) is 37.5 Å². The van der Waals surface area contributed by atoms with E-state index >= 15 is 0 Å². The first-order valence-corrected chi connectivity index (χ1v) is 8.39. The van der Waals surface area contributed by atoms with Crippen molar-refractivity contribution in [3.63, 3.8) is 0 Å². The van der Waals surface area contributed by atoms with Crippen LogP contribution >= 0.6 is 0 Å². The van der Waals surface area contributed by atoms with Crippen molar-refractivity contribution in [1.82, 2.24) is 9.80 Å². The Morgan fingerprint density at radius 1 is 1.04 bits per heavy atom. The molecule has 0 N–H and O–H groups in total. The molecule has 0 aromatic heterocycles. The number of benzene rings is 2. The molecule has 1 aliphatic rings. The van der Waals surface area contributed by atoms with Crippen molar-refractivity contribution in [1.29, 1.82) is 0 Å². The summed E-state index contributed by atoms with van der Waals surface area (Å²) in [5, 5.41) is 0. The second-order valence-electron chi connectivity index (χ2n) is 6.17. The second-order valence-corrected chi connectivity index (χ2v) is 6.17. The largest absolute Gasteiger partial charge is 0.494 e. The van der Waals surface area contributed by atoms with E-state index in [1.165, 1.54) is 13.1 Å². The van der Waals surface area contributed by atoms with Gasteiger partial charge in [-0.15, -0.1) is 0 Å². The van der Waals surface area contributed by atoms with E-state index in [-0.39, 0.29) is 23.3 Å². The molecule has 0 radical (unpaired) electrons. The van der Waals surface area contributed by atoms with Crippen molar-refractivity contribution >= 4 is 17.7 Å². The van der Waals surface area contributed by atoms with E-state index in [0.29, 0.717) is 30.7 Å². The smallest absolute Gasteiger partial charge is 0.261 e. The van der Waals surface area contributed by atoms with Gasteiger partial charge in [0, 0.05) is 26.2 Å². The predicted octanol–water partition coefficient (Wildman–Crippen LogP) is 2.45. The standard InChI is InChI=1S/C20H20N2O4/c1-21(11-6-12-26-15-7-4-3-5-8-15)18(23)14-9-10-16-17(13-14)20(25)22(2)19(16)24/h3-5,7-10,13H,6,11-12H2,1-2H3. The molecule has 0 aliphatic carbocycles. The summed E-state index contributed by atoms with van der Waals surface area (Å²) in [6.07, 6.45) is 0.683. The number of amides is 3. The normalized spacial score (nSPS) is 12.9. The van der Waals surface area contributed by atoms with Crippen LogP contribution in [0, 0.1) is 0 Å². The first-order chi connectivity index (χ1) is 12.5. The monoisotopic (exact) mass is 352 g/mol. The number of para-hydroxylation sites is 1. The van der Waals surface area contributed by atoms with Crippen LogP contribution in [0.2, 0.25) is 0 Å². The van der Waals surface area contributed by atoms with Crippen LogP contribution in [0.25, 0.3) is 0 Å². The minimum atomic E-state index is -0.376. The highest BCUT2D eigenvalue weighted by molar-refractivity contribution is 6.21. The fraction of sp³-hybridized carbons (Fsp3) is 0.250. The van der Waals surface area contributed by atoms with Crippen LogP contribution < -0.4 is 4.74 Å². The third-order valence-electron chi connectivity index (χ3n) is 4.33. The zero-order valence-electron chi connectivity index (χ0n) is 14.8. The average Bonchev–Trinajstić information content (AvgIpc) is 2.89. The summed E-state index contributed by atoms with van der Waals surface area (Å²) >= 11 is 0. The number of hydrogen-bond donors (Lipinski definition) is 0. The van der Waals surface area contributed by atoms with Crippen molar-refractivity contribution < 1.29 is 19.1 Å². The zero-order valence-corrected chi connectivity index (χ0v) is 14.8. The minimum absolute atomic E-state index is 0.192. The lowest BCUT2D eigenvalue weighted by Crippen LogP contribution is -2.28. The van der Waals surface area contributed by atoms with Gasteiger partial charge in [-0.25, -0.2) is 0 Å². The molecule has 0 atom stereocenters. The molecule has 0 saturated carbocycles. The number of imide groups is 1. The maximum atomic E-state index is 12.6. The molecular weight excluding hydrogens is 332 g/mol. The first-order valence-electron chi connectivity index (χ1n) is 8.39. The van der Waals surface area contributed by atoms with Crippen LogP contribution in [-0.2, 0) is 0 Å². The highest BCUT2D eigenvalue weighted by Crippen LogP contribution is 2.23. The summed E-state index contributed by atoms with van der Waals surface area (Å²) < 4.78 is 5.61. The van der Waals surface area contributed by atoms with E-state index < -0.39 is 0 Å². The molecule has 3 rings (SSSR count). The van der Waals surface area contributed by atoms with Gasteiger partial charge in [-0.1, -0.05) is 18.2 Å². The van der Waals surface area contributed by atoms with E-state index in [0.717, 1.165) is 10.6 Å². The predicted molar refractivity (Wildman–Crippen MR) is 96.4 cm³/mol. The maximum absolute atomic E-state index is 12.6. The van der Waals surface area contributed by atoms with E-state index in [1.54, 1.807) is 24.1 Å². The summed E-state index contributed by atoms with van der Waals surface area (Å²) in [6.45, 7) is 1.03. The minimum Gasteiger partial charge on any atom is -0.494 e. The summed E-state index contributed by atoms with van der Waals surface area (Å²) in [5.41, 5.74) is 1.02. The topological polar surface area (TPSA) is 66.9 Å². The fourth-order valence-corrected chi connectivity index (χ4v) is 2.82. The lowest BCUT2D eigenvalue weighted by molar-refractivity contribution is 0.0692. The van der Waals surface area contributed by atoms with Gasteiger partial charge in [0.1, 0.15) is 5.75 Å². The molecule has 3 amide bonds. The van der Waals surface area contributed by atoms with Crippen molar-refractivity contribution in [3.05, 3.63) is 65.2 Å². The Balaban J connectivity index is 1.57. The van der Waals surface area contributed by atoms with Gasteiger partial charge < -0.3 is 9.64 Å². The van der Waals surface area contributed by atoms with Crippen LogP contribution in [0.5, 0.6) is 5.75 Å². The van der Waals surface area contributed by atoms with E-state index in [1.807, 2.05) is 30.3 Å². The molecule has 26 heavy (non-hydrogen) atoms. The quantitative estimate of drug-likeness (QED) is 0.592. The maximum Gasteiger partial charge on any atom is 0.261 e. The van der Waals surface area contributed by atoms with Gasteiger partial charge in [-0.05, 0) is 36.8 Å². The molecule has 6 nitrogen and oxygen atoms in total. The molecule has 134 valence electrons. The lowest BCUT2D eigenvalue weighted by atomic mass is 10.0. The van der Waals surface area contributed by atoms with Crippen LogP contribution in [0.4, 0.5) is 0 Å². The summed E-state index contributed by atoms with van der Waals surface area (Å²) in [4.78, 5) is 39.2. The number of nitrogens with zero attached hydrogens (tertiary/aromatic N) is 2. The van der Waals surface area contributed by atoms with Gasteiger partial charge in [0.05, 0.1) is 17.7 Å². The van der Waals surface area contributed by atoms with E-state index in [4.69, 9.17) is 4.74 Å². The number of rotatable bonds is 6. The van der Waals surface area contributed by atoms with Crippen LogP contribution in [0.15, 0.2) is 48.5 Å². The van der Waals surface area contributed by atoms with Gasteiger partial charge in [0.2, 0.25) is 0 Å². The van der Waals surface area contributed by atoms with E-state index in [9.17, 15) is 14.4 Å². The number of ether oxygens (including phenoxy) is 1. The molecule has 0 unspecified atom stereocenters. The fourth-order valence-electron chi connectivity index (χ4n) is 2.82. The number of fused-ring (bicyclic) bond motifs is 1.